The van der Waals surface area contributed by atoms with Crippen LogP contribution >= 0.6 is 0 Å². The SMILES string of the molecule is COc1ccc(-c2cccc(Cn3cc4c(O)c5nccnc5c(O)c4c3)c2)cc1. The molecule has 2 aromatic heterocycles. The topological polar surface area (TPSA) is 80.4 Å². The molecule has 0 spiro atoms. The number of nitrogens with zero attached hydrogens (tertiary/aromatic N) is 3. The number of aromatic nitrogens is 3. The third kappa shape index (κ3) is 2.99. The molecular formula is C24H19N3O3. The van der Waals surface area contributed by atoms with Gasteiger partial charge in [-0.25, -0.2) is 9.97 Å². The van der Waals surface area contributed by atoms with Crippen LogP contribution in [0.5, 0.6) is 17.2 Å². The van der Waals surface area contributed by atoms with Crippen LogP contribution in [-0.2, 0) is 6.54 Å². The Morgan fingerprint density at radius 1 is 0.833 bits per heavy atom. The Morgan fingerprint density at radius 3 is 2.07 bits per heavy atom. The number of aromatic hydroxyl groups is 2. The number of rotatable bonds is 4. The van der Waals surface area contributed by atoms with Crippen LogP contribution in [0.4, 0.5) is 0 Å². The summed E-state index contributed by atoms with van der Waals surface area (Å²) in [5.41, 5.74) is 3.90. The maximum Gasteiger partial charge on any atom is 0.153 e. The second-order valence-electron chi connectivity index (χ2n) is 7.14. The monoisotopic (exact) mass is 397 g/mol. The van der Waals surface area contributed by atoms with Crippen molar-refractivity contribution in [3.05, 3.63) is 78.9 Å². The number of phenolic OH excluding ortho intramolecular Hbond substituents is 2. The highest BCUT2D eigenvalue weighted by Crippen LogP contribution is 2.39. The zero-order valence-electron chi connectivity index (χ0n) is 16.3. The number of methoxy groups -OCH3 is 1. The maximum atomic E-state index is 10.6. The summed E-state index contributed by atoms with van der Waals surface area (Å²) >= 11 is 0. The van der Waals surface area contributed by atoms with Gasteiger partial charge in [0.1, 0.15) is 16.8 Å². The Bertz CT molecular complexity index is 1320. The zero-order chi connectivity index (χ0) is 20.7. The van der Waals surface area contributed by atoms with Gasteiger partial charge >= 0.3 is 0 Å². The first kappa shape index (κ1) is 18.0. The van der Waals surface area contributed by atoms with Crippen LogP contribution in [-0.4, -0.2) is 31.9 Å². The molecule has 0 radical (unpaired) electrons. The molecule has 0 unspecified atom stereocenters. The van der Waals surface area contributed by atoms with Gasteiger partial charge in [0.05, 0.1) is 7.11 Å². The van der Waals surface area contributed by atoms with E-state index < -0.39 is 0 Å². The van der Waals surface area contributed by atoms with Crippen LogP contribution in [0.3, 0.4) is 0 Å². The summed E-state index contributed by atoms with van der Waals surface area (Å²) in [6.07, 6.45) is 6.63. The number of benzene rings is 3. The van der Waals surface area contributed by atoms with E-state index in [1.54, 1.807) is 7.11 Å². The van der Waals surface area contributed by atoms with Crippen LogP contribution in [0.1, 0.15) is 5.56 Å². The molecule has 6 heteroatoms. The van der Waals surface area contributed by atoms with E-state index in [-0.39, 0.29) is 11.5 Å². The number of hydrogen-bond acceptors (Lipinski definition) is 5. The Balaban J connectivity index is 1.52. The minimum atomic E-state index is 0.0247. The summed E-state index contributed by atoms with van der Waals surface area (Å²) in [6.45, 7) is 0.592. The molecule has 5 rings (SSSR count). The van der Waals surface area contributed by atoms with E-state index in [2.05, 4.69) is 28.2 Å². The fourth-order valence-corrected chi connectivity index (χ4v) is 3.76. The van der Waals surface area contributed by atoms with Crippen molar-refractivity contribution in [3.8, 4) is 28.4 Å². The van der Waals surface area contributed by atoms with E-state index in [1.165, 1.54) is 12.4 Å². The van der Waals surface area contributed by atoms with E-state index in [9.17, 15) is 10.2 Å². The first-order valence-electron chi connectivity index (χ1n) is 9.51. The zero-order valence-corrected chi connectivity index (χ0v) is 16.3. The Morgan fingerprint density at radius 2 is 1.47 bits per heavy atom. The third-order valence-electron chi connectivity index (χ3n) is 5.25. The van der Waals surface area contributed by atoms with Crippen LogP contribution in [0, 0.1) is 0 Å². The third-order valence-corrected chi connectivity index (χ3v) is 5.25. The van der Waals surface area contributed by atoms with Gasteiger partial charge in [-0.3, -0.25) is 0 Å². The number of ether oxygens (including phenoxy) is 1. The average Bonchev–Trinajstić information content (AvgIpc) is 3.22. The van der Waals surface area contributed by atoms with Gasteiger partial charge in [-0.2, -0.15) is 0 Å². The molecule has 3 aromatic carbocycles. The molecule has 0 aliphatic heterocycles. The van der Waals surface area contributed by atoms with Crippen molar-refractivity contribution in [1.82, 2.24) is 14.5 Å². The molecule has 0 aliphatic carbocycles. The van der Waals surface area contributed by atoms with Crippen molar-refractivity contribution in [2.45, 2.75) is 6.54 Å². The molecule has 0 saturated heterocycles. The predicted octanol–water partition coefficient (Wildman–Crippen LogP) is 4.72. The van der Waals surface area contributed by atoms with E-state index in [0.29, 0.717) is 28.4 Å². The van der Waals surface area contributed by atoms with Crippen molar-refractivity contribution in [3.63, 3.8) is 0 Å². The number of hydrogen-bond donors (Lipinski definition) is 2. The molecule has 5 aromatic rings. The Kier molecular flexibility index (Phi) is 4.25. The largest absolute Gasteiger partial charge is 0.505 e. The van der Waals surface area contributed by atoms with Crippen LogP contribution in [0.15, 0.2) is 73.3 Å². The van der Waals surface area contributed by atoms with Gasteiger partial charge in [-0.05, 0) is 34.9 Å². The van der Waals surface area contributed by atoms with Crippen molar-refractivity contribution in [2.24, 2.45) is 0 Å². The summed E-state index contributed by atoms with van der Waals surface area (Å²) in [5.74, 6) is 0.873. The molecule has 0 amide bonds. The molecule has 0 aliphatic rings. The van der Waals surface area contributed by atoms with E-state index in [0.717, 1.165) is 22.4 Å². The van der Waals surface area contributed by atoms with Crippen LogP contribution in [0.25, 0.3) is 32.9 Å². The van der Waals surface area contributed by atoms with Gasteiger partial charge in [0.25, 0.3) is 0 Å². The second-order valence-corrected chi connectivity index (χ2v) is 7.14. The van der Waals surface area contributed by atoms with Gasteiger partial charge in [-0.15, -0.1) is 0 Å². The predicted molar refractivity (Wildman–Crippen MR) is 116 cm³/mol. The standard InChI is InChI=1S/C24H19N3O3/c1-30-18-7-5-16(6-8-18)17-4-2-3-15(11-17)12-27-13-19-20(14-27)24(29)22-21(23(19)28)25-9-10-26-22/h2-11,13-14,28-29H,12H2,1H3. The summed E-state index contributed by atoms with van der Waals surface area (Å²) < 4.78 is 7.17. The van der Waals surface area contributed by atoms with E-state index in [4.69, 9.17) is 4.74 Å². The van der Waals surface area contributed by atoms with Crippen molar-refractivity contribution >= 4 is 21.8 Å². The lowest BCUT2D eigenvalue weighted by atomic mass is 10.0. The lowest BCUT2D eigenvalue weighted by molar-refractivity contribution is 0.415. The highest BCUT2D eigenvalue weighted by atomic mass is 16.5. The Hall–Kier alpha value is -4.06. The normalized spacial score (nSPS) is 11.2. The minimum Gasteiger partial charge on any atom is -0.505 e. The number of fused-ring (bicyclic) bond motifs is 2. The quantitative estimate of drug-likeness (QED) is 0.429. The molecule has 148 valence electrons. The first-order chi connectivity index (χ1) is 14.6. The molecule has 2 heterocycles. The molecule has 0 bridgehead atoms. The summed E-state index contributed by atoms with van der Waals surface area (Å²) in [5, 5.41) is 22.3. The fraction of sp³-hybridized carbons (Fsp3) is 0.0833. The second kappa shape index (κ2) is 7.08. The highest BCUT2D eigenvalue weighted by Gasteiger charge is 2.16. The van der Waals surface area contributed by atoms with Crippen molar-refractivity contribution < 1.29 is 14.9 Å². The summed E-state index contributed by atoms with van der Waals surface area (Å²) in [6, 6.07) is 16.2. The number of phenols is 2. The minimum absolute atomic E-state index is 0.0247. The molecule has 0 atom stereocenters. The molecule has 30 heavy (non-hydrogen) atoms. The van der Waals surface area contributed by atoms with Gasteiger partial charge < -0.3 is 19.5 Å². The summed E-state index contributed by atoms with van der Waals surface area (Å²) in [4.78, 5) is 8.30. The molecule has 0 saturated carbocycles. The van der Waals surface area contributed by atoms with E-state index >= 15 is 0 Å². The lowest BCUT2D eigenvalue weighted by Gasteiger charge is -2.08. The van der Waals surface area contributed by atoms with Gasteiger partial charge in [0, 0.05) is 42.1 Å². The molecule has 6 nitrogen and oxygen atoms in total. The average molecular weight is 397 g/mol. The molecular weight excluding hydrogens is 378 g/mol. The molecule has 0 fully saturated rings. The van der Waals surface area contributed by atoms with Crippen LogP contribution < -0.4 is 4.74 Å². The molecule has 2 N–H and O–H groups in total. The van der Waals surface area contributed by atoms with Crippen molar-refractivity contribution in [2.75, 3.05) is 7.11 Å². The maximum absolute atomic E-state index is 10.6. The smallest absolute Gasteiger partial charge is 0.153 e. The Labute approximate surface area is 172 Å². The lowest BCUT2D eigenvalue weighted by Crippen LogP contribution is -1.96. The van der Waals surface area contributed by atoms with E-state index in [1.807, 2.05) is 47.3 Å². The van der Waals surface area contributed by atoms with Gasteiger partial charge in [0.15, 0.2) is 11.5 Å². The van der Waals surface area contributed by atoms with Crippen LogP contribution in [0.2, 0.25) is 0 Å². The van der Waals surface area contributed by atoms with Gasteiger partial charge in [0.2, 0.25) is 0 Å². The van der Waals surface area contributed by atoms with Gasteiger partial charge in [-0.1, -0.05) is 30.3 Å². The van der Waals surface area contributed by atoms with Crippen molar-refractivity contribution in [1.29, 1.82) is 0 Å². The highest BCUT2D eigenvalue weighted by molar-refractivity contribution is 6.07. The first-order valence-corrected chi connectivity index (χ1v) is 9.51. The summed E-state index contributed by atoms with van der Waals surface area (Å²) in [7, 11) is 1.65. The fourth-order valence-electron chi connectivity index (χ4n) is 3.76.